The maximum absolute atomic E-state index is 12.0. The molecule has 1 aromatic rings. The summed E-state index contributed by atoms with van der Waals surface area (Å²) >= 11 is 1.67. The Morgan fingerprint density at radius 3 is 3.00 bits per heavy atom. The highest BCUT2D eigenvalue weighted by molar-refractivity contribution is 7.10. The quantitative estimate of drug-likeness (QED) is 0.813. The summed E-state index contributed by atoms with van der Waals surface area (Å²) < 4.78 is 0. The van der Waals surface area contributed by atoms with E-state index in [-0.39, 0.29) is 12.1 Å². The summed E-state index contributed by atoms with van der Waals surface area (Å²) in [5.74, 6) is 0.734. The van der Waals surface area contributed by atoms with Gasteiger partial charge in [0, 0.05) is 23.2 Å². The van der Waals surface area contributed by atoms with Crippen molar-refractivity contribution in [2.45, 2.75) is 39.8 Å². The van der Waals surface area contributed by atoms with E-state index in [4.69, 9.17) is 0 Å². The lowest BCUT2D eigenvalue weighted by Crippen LogP contribution is -2.35. The number of thiophene rings is 1. The second-order valence-electron chi connectivity index (χ2n) is 4.93. The van der Waals surface area contributed by atoms with Gasteiger partial charge in [0.15, 0.2) is 6.17 Å². The predicted molar refractivity (Wildman–Crippen MR) is 96.0 cm³/mol. The van der Waals surface area contributed by atoms with Gasteiger partial charge in [0.2, 0.25) is 0 Å². The van der Waals surface area contributed by atoms with Crippen LogP contribution in [0, 0.1) is 0 Å². The van der Waals surface area contributed by atoms with E-state index in [9.17, 15) is 4.79 Å². The molecule has 0 saturated carbocycles. The molecule has 1 aromatic heterocycles. The fraction of sp³-hybridized carbons (Fsp3) is 0.412. The van der Waals surface area contributed by atoms with Crippen LogP contribution in [-0.4, -0.2) is 23.3 Å². The lowest BCUT2D eigenvalue weighted by molar-refractivity contribution is -0.117. The Morgan fingerprint density at radius 1 is 1.48 bits per heavy atom. The standard InChI is InChI=1S/C15H18N4OS.C2H6/c1-2-3-7-16-15(20)11-6-8-19-13(10-11)17-14(18-19)12-5-4-9-21-12;1-2/h4-6,8-10,14,18H,2-3,7H2,1H3,(H,16,20);1-2H3. The molecule has 0 saturated heterocycles. The summed E-state index contributed by atoms with van der Waals surface area (Å²) in [4.78, 5) is 17.8. The maximum Gasteiger partial charge on any atom is 0.251 e. The number of unbranched alkanes of at least 4 members (excludes halogenated alkanes) is 1. The highest BCUT2D eigenvalue weighted by atomic mass is 32.1. The third kappa shape index (κ3) is 4.30. The molecule has 0 aromatic carbocycles. The van der Waals surface area contributed by atoms with Crippen molar-refractivity contribution in [2.75, 3.05) is 6.54 Å². The minimum atomic E-state index is -0.0663. The number of hydrogen-bond donors (Lipinski definition) is 2. The molecule has 0 aliphatic carbocycles. The molecule has 1 atom stereocenters. The van der Waals surface area contributed by atoms with E-state index in [1.54, 1.807) is 11.3 Å². The predicted octanol–water partition coefficient (Wildman–Crippen LogP) is 3.36. The summed E-state index contributed by atoms with van der Waals surface area (Å²) in [5.41, 5.74) is 3.93. The molecular formula is C17H24N4OS. The van der Waals surface area contributed by atoms with Crippen molar-refractivity contribution in [1.82, 2.24) is 15.8 Å². The average molecular weight is 332 g/mol. The number of carbonyl (C=O) groups excluding carboxylic acids is 1. The normalized spacial score (nSPS) is 18.6. The number of fused-ring (bicyclic) bond motifs is 1. The van der Waals surface area contributed by atoms with Crippen molar-refractivity contribution >= 4 is 23.1 Å². The van der Waals surface area contributed by atoms with Crippen molar-refractivity contribution in [2.24, 2.45) is 4.99 Å². The van der Waals surface area contributed by atoms with Gasteiger partial charge >= 0.3 is 0 Å². The van der Waals surface area contributed by atoms with Crippen LogP contribution in [0.1, 0.15) is 44.7 Å². The van der Waals surface area contributed by atoms with Gasteiger partial charge < -0.3 is 5.32 Å². The Balaban J connectivity index is 0.000000924. The van der Waals surface area contributed by atoms with Gasteiger partial charge in [-0.15, -0.1) is 11.3 Å². The van der Waals surface area contributed by atoms with Crippen LogP contribution in [-0.2, 0) is 4.79 Å². The SMILES string of the molecule is CC.CCCCNC(=O)C1=CC2=NC(c3cccs3)NN2C=C1. The minimum absolute atomic E-state index is 0.0402. The van der Waals surface area contributed by atoms with Gasteiger partial charge in [0.1, 0.15) is 5.84 Å². The monoisotopic (exact) mass is 332 g/mol. The van der Waals surface area contributed by atoms with Gasteiger partial charge in [0.25, 0.3) is 5.91 Å². The fourth-order valence-electron chi connectivity index (χ4n) is 2.19. The van der Waals surface area contributed by atoms with Gasteiger partial charge in [-0.05, 0) is 30.0 Å². The number of aliphatic imine (C=N–C) groups is 1. The molecule has 0 spiro atoms. The lowest BCUT2D eigenvalue weighted by Gasteiger charge is -2.19. The first-order valence-corrected chi connectivity index (χ1v) is 9.00. The zero-order valence-electron chi connectivity index (χ0n) is 13.9. The van der Waals surface area contributed by atoms with Crippen LogP contribution in [0.5, 0.6) is 0 Å². The van der Waals surface area contributed by atoms with E-state index < -0.39 is 0 Å². The van der Waals surface area contributed by atoms with Gasteiger partial charge in [-0.25, -0.2) is 4.99 Å². The number of carbonyl (C=O) groups is 1. The number of amidine groups is 1. The van der Waals surface area contributed by atoms with Gasteiger partial charge in [-0.1, -0.05) is 33.3 Å². The van der Waals surface area contributed by atoms with Crippen LogP contribution >= 0.6 is 11.3 Å². The molecule has 0 bridgehead atoms. The molecule has 1 amide bonds. The number of hydrazine groups is 1. The van der Waals surface area contributed by atoms with Crippen LogP contribution < -0.4 is 10.7 Å². The van der Waals surface area contributed by atoms with E-state index in [1.807, 2.05) is 48.7 Å². The molecular weight excluding hydrogens is 308 g/mol. The van der Waals surface area contributed by atoms with Crippen molar-refractivity contribution in [3.05, 3.63) is 46.3 Å². The Bertz CT molecular complexity index is 604. The third-order valence-electron chi connectivity index (χ3n) is 3.35. The number of nitrogens with zero attached hydrogens (tertiary/aromatic N) is 2. The highest BCUT2D eigenvalue weighted by Crippen LogP contribution is 2.26. The van der Waals surface area contributed by atoms with E-state index in [0.717, 1.165) is 23.6 Å². The minimum Gasteiger partial charge on any atom is -0.352 e. The Kier molecular flexibility index (Phi) is 6.55. The summed E-state index contributed by atoms with van der Waals surface area (Å²) in [6.07, 6.45) is 7.48. The topological polar surface area (TPSA) is 56.7 Å². The van der Waals surface area contributed by atoms with E-state index >= 15 is 0 Å². The molecule has 23 heavy (non-hydrogen) atoms. The number of rotatable bonds is 5. The Hall–Kier alpha value is -1.92. The van der Waals surface area contributed by atoms with E-state index in [0.29, 0.717) is 12.1 Å². The number of hydrogen-bond acceptors (Lipinski definition) is 5. The average Bonchev–Trinajstić information content (AvgIpc) is 3.25. The molecule has 5 nitrogen and oxygen atoms in total. The largest absolute Gasteiger partial charge is 0.352 e. The van der Waals surface area contributed by atoms with Crippen molar-refractivity contribution in [3.63, 3.8) is 0 Å². The van der Waals surface area contributed by atoms with Crippen molar-refractivity contribution < 1.29 is 4.79 Å². The molecule has 3 rings (SSSR count). The number of amides is 1. The van der Waals surface area contributed by atoms with Gasteiger partial charge in [-0.3, -0.25) is 9.80 Å². The summed E-state index contributed by atoms with van der Waals surface area (Å²) in [6.45, 7) is 6.82. The molecule has 2 aliphatic rings. The maximum atomic E-state index is 12.0. The summed E-state index contributed by atoms with van der Waals surface area (Å²) in [5, 5.41) is 6.81. The van der Waals surface area contributed by atoms with Gasteiger partial charge in [-0.2, -0.15) is 5.43 Å². The smallest absolute Gasteiger partial charge is 0.251 e. The van der Waals surface area contributed by atoms with E-state index in [2.05, 4.69) is 28.7 Å². The first-order valence-electron chi connectivity index (χ1n) is 8.12. The lowest BCUT2D eigenvalue weighted by atomic mass is 10.1. The van der Waals surface area contributed by atoms with Crippen LogP contribution in [0.15, 0.2) is 46.4 Å². The first-order chi connectivity index (χ1) is 11.3. The van der Waals surface area contributed by atoms with E-state index in [1.165, 1.54) is 0 Å². The molecule has 0 fully saturated rings. The molecule has 3 heterocycles. The van der Waals surface area contributed by atoms with Crippen LogP contribution in [0.25, 0.3) is 0 Å². The summed E-state index contributed by atoms with van der Waals surface area (Å²) in [7, 11) is 0. The summed E-state index contributed by atoms with van der Waals surface area (Å²) in [6, 6.07) is 4.06. The third-order valence-corrected chi connectivity index (χ3v) is 4.27. The fourth-order valence-corrected chi connectivity index (χ4v) is 2.89. The Morgan fingerprint density at radius 2 is 2.30 bits per heavy atom. The van der Waals surface area contributed by atoms with Crippen molar-refractivity contribution in [1.29, 1.82) is 0 Å². The molecule has 6 heteroatoms. The van der Waals surface area contributed by atoms with Gasteiger partial charge in [0.05, 0.1) is 0 Å². The van der Waals surface area contributed by atoms with Crippen molar-refractivity contribution in [3.8, 4) is 0 Å². The van der Waals surface area contributed by atoms with Crippen LogP contribution in [0.3, 0.4) is 0 Å². The highest BCUT2D eigenvalue weighted by Gasteiger charge is 2.26. The zero-order valence-corrected chi connectivity index (χ0v) is 14.7. The second-order valence-corrected chi connectivity index (χ2v) is 5.91. The molecule has 2 N–H and O–H groups in total. The van der Waals surface area contributed by atoms with Crippen LogP contribution in [0.4, 0.5) is 0 Å². The molecule has 1 unspecified atom stereocenters. The first kappa shape index (κ1) is 17.4. The van der Waals surface area contributed by atoms with Crippen LogP contribution in [0.2, 0.25) is 0 Å². The molecule has 124 valence electrons. The zero-order chi connectivity index (χ0) is 16.7. The Labute approximate surface area is 141 Å². The number of nitrogens with one attached hydrogen (secondary N) is 2. The second kappa shape index (κ2) is 8.64. The molecule has 2 aliphatic heterocycles. The molecule has 0 radical (unpaired) electrons.